The minimum absolute atomic E-state index is 0.123. The summed E-state index contributed by atoms with van der Waals surface area (Å²) in [5.74, 6) is 4.15. The predicted octanol–water partition coefficient (Wildman–Crippen LogP) is 0.484. The highest BCUT2D eigenvalue weighted by Crippen LogP contribution is 2.17. The van der Waals surface area contributed by atoms with E-state index in [0.717, 1.165) is 12.5 Å². The molecule has 0 amide bonds. The molecule has 1 heterocycles. The Morgan fingerprint density at radius 3 is 2.90 bits per heavy atom. The van der Waals surface area contributed by atoms with Crippen LogP contribution >= 0.6 is 0 Å². The Hall–Kier alpha value is -1.46. The summed E-state index contributed by atoms with van der Waals surface area (Å²) in [4.78, 5) is -0.407. The quantitative estimate of drug-likeness (QED) is 0.793. The Bertz CT molecular complexity index is 657. The van der Waals surface area contributed by atoms with Gasteiger partial charge in [0.05, 0.1) is 6.61 Å². The Morgan fingerprint density at radius 2 is 2.29 bits per heavy atom. The molecule has 1 aliphatic heterocycles. The first-order valence-corrected chi connectivity index (χ1v) is 7.98. The van der Waals surface area contributed by atoms with E-state index in [2.05, 4.69) is 16.6 Å². The zero-order valence-electron chi connectivity index (χ0n) is 11.3. The molecule has 0 aromatic heterocycles. The third-order valence-corrected chi connectivity index (χ3v) is 4.58. The van der Waals surface area contributed by atoms with Crippen molar-refractivity contribution < 1.29 is 22.7 Å². The molecule has 2 rings (SSSR count). The fourth-order valence-corrected chi connectivity index (χ4v) is 3.16. The second-order valence-corrected chi connectivity index (χ2v) is 6.42. The van der Waals surface area contributed by atoms with E-state index >= 15 is 0 Å². The van der Waals surface area contributed by atoms with Gasteiger partial charge in [0.1, 0.15) is 17.3 Å². The van der Waals surface area contributed by atoms with Crippen LogP contribution in [0.4, 0.5) is 4.39 Å². The van der Waals surface area contributed by atoms with Gasteiger partial charge in [-0.05, 0) is 30.5 Å². The van der Waals surface area contributed by atoms with Gasteiger partial charge in [-0.3, -0.25) is 0 Å². The fourth-order valence-electron chi connectivity index (χ4n) is 1.99. The van der Waals surface area contributed by atoms with Crippen LogP contribution in [-0.4, -0.2) is 39.9 Å². The molecule has 0 spiro atoms. The second-order valence-electron chi connectivity index (χ2n) is 4.69. The number of aliphatic hydroxyl groups is 1. The molecular formula is C14H16FNO4S. The SMILES string of the molecule is O=S(=O)(NCC1CCOC1)c1ccc(C#CCO)cc1F. The summed E-state index contributed by atoms with van der Waals surface area (Å²) in [5, 5.41) is 8.57. The number of benzene rings is 1. The topological polar surface area (TPSA) is 75.6 Å². The molecule has 0 aliphatic carbocycles. The summed E-state index contributed by atoms with van der Waals surface area (Å²) in [6.45, 7) is 1.03. The second kappa shape index (κ2) is 7.00. The Kier molecular flexibility index (Phi) is 5.31. The van der Waals surface area contributed by atoms with Crippen LogP contribution < -0.4 is 4.72 Å². The van der Waals surface area contributed by atoms with Gasteiger partial charge < -0.3 is 9.84 Å². The Morgan fingerprint density at radius 1 is 1.48 bits per heavy atom. The predicted molar refractivity (Wildman–Crippen MR) is 74.5 cm³/mol. The molecule has 1 aliphatic rings. The number of hydrogen-bond donors (Lipinski definition) is 2. The van der Waals surface area contributed by atoms with Crippen molar-refractivity contribution in [3.63, 3.8) is 0 Å². The molecule has 1 unspecified atom stereocenters. The minimum atomic E-state index is -3.89. The fraction of sp³-hybridized carbons (Fsp3) is 0.429. The van der Waals surface area contributed by atoms with Gasteiger partial charge >= 0.3 is 0 Å². The van der Waals surface area contributed by atoms with Crippen molar-refractivity contribution in [1.82, 2.24) is 4.72 Å². The number of ether oxygens (including phenoxy) is 1. The average molecular weight is 313 g/mol. The molecule has 7 heteroatoms. The van der Waals surface area contributed by atoms with Crippen LogP contribution in [0.1, 0.15) is 12.0 Å². The first-order valence-electron chi connectivity index (χ1n) is 6.49. The van der Waals surface area contributed by atoms with E-state index < -0.39 is 20.7 Å². The van der Waals surface area contributed by atoms with Gasteiger partial charge in [0, 0.05) is 18.7 Å². The average Bonchev–Trinajstić information content (AvgIpc) is 2.96. The molecule has 0 bridgehead atoms. The number of rotatable bonds is 4. The van der Waals surface area contributed by atoms with Gasteiger partial charge in [-0.25, -0.2) is 17.5 Å². The summed E-state index contributed by atoms with van der Waals surface area (Å²) >= 11 is 0. The van der Waals surface area contributed by atoms with E-state index in [0.29, 0.717) is 18.8 Å². The summed E-state index contributed by atoms with van der Waals surface area (Å²) in [5.41, 5.74) is 0.310. The van der Waals surface area contributed by atoms with Crippen molar-refractivity contribution in [2.24, 2.45) is 5.92 Å². The molecule has 114 valence electrons. The maximum Gasteiger partial charge on any atom is 0.243 e. The van der Waals surface area contributed by atoms with E-state index in [1.165, 1.54) is 12.1 Å². The molecule has 21 heavy (non-hydrogen) atoms. The molecule has 1 aromatic carbocycles. The molecule has 1 saturated heterocycles. The third-order valence-electron chi connectivity index (χ3n) is 3.12. The lowest BCUT2D eigenvalue weighted by Gasteiger charge is -2.11. The highest BCUT2D eigenvalue weighted by Gasteiger charge is 2.22. The van der Waals surface area contributed by atoms with E-state index in [-0.39, 0.29) is 19.1 Å². The largest absolute Gasteiger partial charge is 0.384 e. The van der Waals surface area contributed by atoms with Crippen molar-refractivity contribution in [1.29, 1.82) is 0 Å². The first-order chi connectivity index (χ1) is 10.0. The van der Waals surface area contributed by atoms with Crippen molar-refractivity contribution in [2.75, 3.05) is 26.4 Å². The number of hydrogen-bond acceptors (Lipinski definition) is 4. The van der Waals surface area contributed by atoms with Gasteiger partial charge in [0.2, 0.25) is 10.0 Å². The molecule has 2 N–H and O–H groups in total. The van der Waals surface area contributed by atoms with Gasteiger partial charge in [-0.1, -0.05) is 11.8 Å². The highest BCUT2D eigenvalue weighted by atomic mass is 32.2. The van der Waals surface area contributed by atoms with E-state index in [1.54, 1.807) is 0 Å². The van der Waals surface area contributed by atoms with Crippen LogP contribution in [0.5, 0.6) is 0 Å². The Labute approximate surface area is 123 Å². The van der Waals surface area contributed by atoms with Crippen molar-refractivity contribution >= 4 is 10.0 Å². The van der Waals surface area contributed by atoms with E-state index in [4.69, 9.17) is 9.84 Å². The number of sulfonamides is 1. The smallest absolute Gasteiger partial charge is 0.243 e. The number of nitrogens with one attached hydrogen (secondary N) is 1. The van der Waals surface area contributed by atoms with Gasteiger partial charge in [-0.2, -0.15) is 0 Å². The molecule has 5 nitrogen and oxygen atoms in total. The molecule has 1 fully saturated rings. The molecule has 1 aromatic rings. The van der Waals surface area contributed by atoms with Crippen LogP contribution in [-0.2, 0) is 14.8 Å². The lowest BCUT2D eigenvalue weighted by atomic mass is 10.1. The van der Waals surface area contributed by atoms with Gasteiger partial charge in [-0.15, -0.1) is 0 Å². The summed E-state index contributed by atoms with van der Waals surface area (Å²) in [6, 6.07) is 3.61. The molecule has 1 atom stereocenters. The first kappa shape index (κ1) is 15.9. The molecule has 0 saturated carbocycles. The van der Waals surface area contributed by atoms with Crippen LogP contribution in [0.15, 0.2) is 23.1 Å². The standard InChI is InChI=1S/C14H16FNO4S/c15-13-8-11(2-1-6-17)3-4-14(13)21(18,19)16-9-12-5-7-20-10-12/h3-4,8,12,16-17H,5-7,9-10H2. The third kappa shape index (κ3) is 4.25. The van der Waals surface area contributed by atoms with Crippen LogP contribution in [0.2, 0.25) is 0 Å². The van der Waals surface area contributed by atoms with Crippen LogP contribution in [0.3, 0.4) is 0 Å². The molecule has 0 radical (unpaired) electrons. The summed E-state index contributed by atoms with van der Waals surface area (Å²) < 4.78 is 45.6. The zero-order valence-corrected chi connectivity index (χ0v) is 12.1. The van der Waals surface area contributed by atoms with Gasteiger partial charge in [0.15, 0.2) is 0 Å². The minimum Gasteiger partial charge on any atom is -0.384 e. The van der Waals surface area contributed by atoms with E-state index in [9.17, 15) is 12.8 Å². The Balaban J connectivity index is 2.11. The van der Waals surface area contributed by atoms with Crippen molar-refractivity contribution in [3.8, 4) is 11.8 Å². The van der Waals surface area contributed by atoms with Gasteiger partial charge in [0.25, 0.3) is 0 Å². The number of halogens is 1. The lowest BCUT2D eigenvalue weighted by molar-refractivity contribution is 0.186. The van der Waals surface area contributed by atoms with E-state index in [1.807, 2.05) is 0 Å². The zero-order chi connectivity index (χ0) is 15.3. The van der Waals surface area contributed by atoms with Crippen molar-refractivity contribution in [3.05, 3.63) is 29.6 Å². The van der Waals surface area contributed by atoms with Crippen molar-refractivity contribution in [2.45, 2.75) is 11.3 Å². The maximum absolute atomic E-state index is 13.9. The molecular weight excluding hydrogens is 297 g/mol. The lowest BCUT2D eigenvalue weighted by Crippen LogP contribution is -2.30. The maximum atomic E-state index is 13.9. The number of aliphatic hydroxyl groups excluding tert-OH is 1. The van der Waals surface area contributed by atoms with Crippen LogP contribution in [0, 0.1) is 23.6 Å². The summed E-state index contributed by atoms with van der Waals surface area (Å²) in [7, 11) is -3.89. The normalized spacial score (nSPS) is 18.3. The highest BCUT2D eigenvalue weighted by molar-refractivity contribution is 7.89. The summed E-state index contributed by atoms with van der Waals surface area (Å²) in [6.07, 6.45) is 0.792. The monoisotopic (exact) mass is 313 g/mol. The van der Waals surface area contributed by atoms with Crippen LogP contribution in [0.25, 0.3) is 0 Å².